The molecule has 0 bridgehead atoms. The van der Waals surface area contributed by atoms with Crippen molar-refractivity contribution in [1.82, 2.24) is 5.32 Å². The van der Waals surface area contributed by atoms with Crippen LogP contribution in [0.25, 0.3) is 0 Å². The lowest BCUT2D eigenvalue weighted by Crippen LogP contribution is -2.57. The summed E-state index contributed by atoms with van der Waals surface area (Å²) in [7, 11) is -1.05. The number of nitrogens with one attached hydrogen (secondary N) is 1. The highest BCUT2D eigenvalue weighted by molar-refractivity contribution is 6.74. The van der Waals surface area contributed by atoms with Gasteiger partial charge in [-0.3, -0.25) is 0 Å². The molecule has 8 heteroatoms. The Bertz CT molecular complexity index is 709. The minimum atomic E-state index is -2.36. The fourth-order valence-electron chi connectivity index (χ4n) is 2.45. The van der Waals surface area contributed by atoms with E-state index >= 15 is 0 Å². The van der Waals surface area contributed by atoms with E-state index in [1.165, 1.54) is 7.11 Å². The predicted octanol–water partition coefficient (Wildman–Crippen LogP) is 4.66. The topological polar surface area (TPSA) is 83.1 Å². The quantitative estimate of drug-likeness (QED) is 0.432. The summed E-state index contributed by atoms with van der Waals surface area (Å²) < 4.78 is 22.6. The van der Waals surface area contributed by atoms with Crippen LogP contribution < -0.4 is 5.32 Å². The number of amides is 1. The number of alkyl carbamates (subject to hydrolysis) is 1. The lowest BCUT2D eigenvalue weighted by Gasteiger charge is -2.40. The third-order valence-electron chi connectivity index (χ3n) is 5.14. The van der Waals surface area contributed by atoms with Gasteiger partial charge in [-0.1, -0.05) is 51.1 Å². The highest BCUT2D eigenvalue weighted by Gasteiger charge is 2.44. The molecule has 31 heavy (non-hydrogen) atoms. The molecule has 176 valence electrons. The van der Waals surface area contributed by atoms with Crippen LogP contribution in [0, 0.1) is 0 Å². The zero-order valence-electron chi connectivity index (χ0n) is 20.4. The van der Waals surface area contributed by atoms with Crippen LogP contribution in [0.4, 0.5) is 4.79 Å². The van der Waals surface area contributed by atoms with Crippen molar-refractivity contribution in [2.75, 3.05) is 13.7 Å². The number of ether oxygens (including phenoxy) is 3. The van der Waals surface area contributed by atoms with Crippen LogP contribution in [0.3, 0.4) is 0 Å². The molecule has 0 heterocycles. The summed E-state index contributed by atoms with van der Waals surface area (Å²) in [6, 6.07) is 8.89. The van der Waals surface area contributed by atoms with Crippen molar-refractivity contribution >= 4 is 20.4 Å². The molecule has 0 aliphatic heterocycles. The predicted molar refractivity (Wildman–Crippen MR) is 123 cm³/mol. The van der Waals surface area contributed by atoms with Crippen LogP contribution in [-0.4, -0.2) is 51.8 Å². The van der Waals surface area contributed by atoms with Gasteiger partial charge in [0, 0.05) is 0 Å². The maximum atomic E-state index is 12.7. The van der Waals surface area contributed by atoms with E-state index in [4.69, 9.17) is 18.6 Å². The molecule has 1 rings (SSSR count). The summed E-state index contributed by atoms with van der Waals surface area (Å²) >= 11 is 0. The molecular weight excluding hydrogens is 414 g/mol. The van der Waals surface area contributed by atoms with Crippen LogP contribution in [0.1, 0.15) is 47.1 Å². The second kappa shape index (κ2) is 11.1. The van der Waals surface area contributed by atoms with Gasteiger partial charge in [0.1, 0.15) is 5.60 Å². The highest BCUT2D eigenvalue weighted by Crippen LogP contribution is 2.37. The molecular formula is C23H39NO6Si. The summed E-state index contributed by atoms with van der Waals surface area (Å²) in [5.41, 5.74) is 0.305. The minimum absolute atomic E-state index is 0.0581. The van der Waals surface area contributed by atoms with Crippen molar-refractivity contribution in [1.29, 1.82) is 0 Å². The maximum absolute atomic E-state index is 12.7. The van der Waals surface area contributed by atoms with E-state index < -0.39 is 38.1 Å². The Balaban J connectivity index is 3.08. The fourth-order valence-corrected chi connectivity index (χ4v) is 3.70. The van der Waals surface area contributed by atoms with E-state index in [-0.39, 0.29) is 11.6 Å². The monoisotopic (exact) mass is 453 g/mol. The standard InChI is InChI=1S/C23H39NO6Si/c1-22(2,3)29-21(26)24-18(16-28-15-17-13-11-10-12-14-17)19(20(25)27-7)30-31(8,9)23(4,5)6/h10-14,18-19H,15-16H2,1-9H3,(H,24,26)/t18-,19-/m0/s1. The van der Waals surface area contributed by atoms with E-state index in [0.717, 1.165) is 5.56 Å². The van der Waals surface area contributed by atoms with Gasteiger partial charge in [0.2, 0.25) is 0 Å². The van der Waals surface area contributed by atoms with E-state index in [0.29, 0.717) is 6.61 Å². The van der Waals surface area contributed by atoms with Gasteiger partial charge in [-0.05, 0) is 44.5 Å². The first-order chi connectivity index (χ1) is 14.2. The minimum Gasteiger partial charge on any atom is -0.467 e. The van der Waals surface area contributed by atoms with Gasteiger partial charge in [0.05, 0.1) is 26.4 Å². The van der Waals surface area contributed by atoms with Crippen molar-refractivity contribution in [2.24, 2.45) is 0 Å². The SMILES string of the molecule is COC(=O)[C@@H](O[Si](C)(C)C(C)(C)C)[C@H](COCc1ccccc1)NC(=O)OC(C)(C)C. The van der Waals surface area contributed by atoms with Gasteiger partial charge in [-0.2, -0.15) is 0 Å². The summed E-state index contributed by atoms with van der Waals surface area (Å²) in [5, 5.41) is 2.62. The third kappa shape index (κ3) is 9.41. The summed E-state index contributed by atoms with van der Waals surface area (Å²) in [4.78, 5) is 25.2. The van der Waals surface area contributed by atoms with Crippen LogP contribution in [0.15, 0.2) is 30.3 Å². The van der Waals surface area contributed by atoms with E-state index in [9.17, 15) is 9.59 Å². The first-order valence-electron chi connectivity index (χ1n) is 10.5. The number of benzene rings is 1. The molecule has 1 aromatic rings. The van der Waals surface area contributed by atoms with Gasteiger partial charge in [-0.25, -0.2) is 9.59 Å². The van der Waals surface area contributed by atoms with Gasteiger partial charge in [-0.15, -0.1) is 0 Å². The van der Waals surface area contributed by atoms with Crippen molar-refractivity contribution in [2.45, 2.75) is 84.0 Å². The summed E-state index contributed by atoms with van der Waals surface area (Å²) in [5.74, 6) is -0.561. The van der Waals surface area contributed by atoms with Crippen LogP contribution in [-0.2, 0) is 30.0 Å². The van der Waals surface area contributed by atoms with Gasteiger partial charge < -0.3 is 24.0 Å². The lowest BCUT2D eigenvalue weighted by atomic mass is 10.1. The zero-order valence-corrected chi connectivity index (χ0v) is 21.4. The Labute approximate surface area is 187 Å². The average molecular weight is 454 g/mol. The van der Waals surface area contributed by atoms with E-state index in [1.54, 1.807) is 20.8 Å². The largest absolute Gasteiger partial charge is 0.467 e. The molecule has 1 aromatic carbocycles. The average Bonchev–Trinajstić information content (AvgIpc) is 2.63. The van der Waals surface area contributed by atoms with E-state index in [2.05, 4.69) is 26.1 Å². The second-order valence-corrected chi connectivity index (χ2v) is 14.8. The Morgan fingerprint density at radius 2 is 1.61 bits per heavy atom. The Hall–Kier alpha value is -1.90. The lowest BCUT2D eigenvalue weighted by molar-refractivity contribution is -0.151. The number of esters is 1. The van der Waals surface area contributed by atoms with Crippen molar-refractivity contribution in [3.05, 3.63) is 35.9 Å². The van der Waals surface area contributed by atoms with Crippen molar-refractivity contribution in [3.8, 4) is 0 Å². The number of hydrogen-bond acceptors (Lipinski definition) is 6. The zero-order chi connectivity index (χ0) is 23.9. The molecule has 1 amide bonds. The molecule has 0 radical (unpaired) electrons. The Morgan fingerprint density at radius 3 is 2.10 bits per heavy atom. The number of carbonyl (C=O) groups excluding carboxylic acids is 2. The molecule has 0 unspecified atom stereocenters. The third-order valence-corrected chi connectivity index (χ3v) is 9.59. The van der Waals surface area contributed by atoms with E-state index in [1.807, 2.05) is 43.4 Å². The fraction of sp³-hybridized carbons (Fsp3) is 0.652. The first-order valence-corrected chi connectivity index (χ1v) is 13.4. The molecule has 0 fully saturated rings. The van der Waals surface area contributed by atoms with Crippen LogP contribution in [0.5, 0.6) is 0 Å². The molecule has 0 aliphatic carbocycles. The molecule has 2 atom stereocenters. The summed E-state index contributed by atoms with van der Waals surface area (Å²) in [6.45, 7) is 16.0. The van der Waals surface area contributed by atoms with Crippen molar-refractivity contribution in [3.63, 3.8) is 0 Å². The number of rotatable bonds is 9. The second-order valence-electron chi connectivity index (χ2n) is 10.1. The molecule has 7 nitrogen and oxygen atoms in total. The number of hydrogen-bond donors (Lipinski definition) is 1. The summed E-state index contributed by atoms with van der Waals surface area (Å²) in [6.07, 6.45) is -1.66. The van der Waals surface area contributed by atoms with Gasteiger partial charge in [0.15, 0.2) is 14.4 Å². The number of methoxy groups -OCH3 is 1. The number of carbonyl (C=O) groups is 2. The highest BCUT2D eigenvalue weighted by atomic mass is 28.4. The van der Waals surface area contributed by atoms with Crippen LogP contribution in [0.2, 0.25) is 18.1 Å². The Kier molecular flexibility index (Phi) is 9.72. The first kappa shape index (κ1) is 27.1. The molecule has 0 aliphatic rings. The molecule has 0 saturated carbocycles. The molecule has 0 aromatic heterocycles. The smallest absolute Gasteiger partial charge is 0.408 e. The molecule has 1 N–H and O–H groups in total. The van der Waals surface area contributed by atoms with Gasteiger partial charge in [0.25, 0.3) is 0 Å². The van der Waals surface area contributed by atoms with Crippen molar-refractivity contribution < 1.29 is 28.2 Å². The molecule has 0 saturated heterocycles. The van der Waals surface area contributed by atoms with Gasteiger partial charge >= 0.3 is 12.1 Å². The molecule has 0 spiro atoms. The Morgan fingerprint density at radius 1 is 1.03 bits per heavy atom. The maximum Gasteiger partial charge on any atom is 0.408 e. The normalized spacial score (nSPS) is 14.5. The van der Waals surface area contributed by atoms with Crippen LogP contribution >= 0.6 is 0 Å².